The van der Waals surface area contributed by atoms with Gasteiger partial charge >= 0.3 is 6.09 Å². The number of thiazole rings is 1. The predicted molar refractivity (Wildman–Crippen MR) is 69.8 cm³/mol. The summed E-state index contributed by atoms with van der Waals surface area (Å²) in [5.41, 5.74) is 0.188. The first-order valence-corrected chi connectivity index (χ1v) is 6.54. The molecule has 0 bridgehead atoms. The zero-order chi connectivity index (χ0) is 13.8. The zero-order valence-electron chi connectivity index (χ0n) is 11.1. The van der Waals surface area contributed by atoms with Crippen molar-refractivity contribution in [3.8, 4) is 0 Å². The fourth-order valence-corrected chi connectivity index (χ4v) is 1.85. The Bertz CT molecular complexity index is 435. The Kier molecular flexibility index (Phi) is 4.84. The van der Waals surface area contributed by atoms with Gasteiger partial charge in [0.15, 0.2) is 5.78 Å². The molecule has 0 aliphatic heterocycles. The van der Waals surface area contributed by atoms with Crippen molar-refractivity contribution in [2.45, 2.75) is 39.7 Å². The molecule has 18 heavy (non-hydrogen) atoms. The summed E-state index contributed by atoms with van der Waals surface area (Å²) in [4.78, 5) is 27.1. The number of Topliss-reactive ketones (excluding diaryl/α,β-unsaturated/α-hetero) is 1. The largest absolute Gasteiger partial charge is 0.444 e. The van der Waals surface area contributed by atoms with E-state index in [2.05, 4.69) is 10.3 Å². The Hall–Kier alpha value is -1.43. The van der Waals surface area contributed by atoms with Crippen molar-refractivity contribution in [2.24, 2.45) is 0 Å². The second kappa shape index (κ2) is 5.95. The van der Waals surface area contributed by atoms with Crippen LogP contribution in [0.25, 0.3) is 0 Å². The number of aryl methyl sites for hydroxylation is 1. The van der Waals surface area contributed by atoms with E-state index in [-0.39, 0.29) is 18.7 Å². The monoisotopic (exact) mass is 270 g/mol. The van der Waals surface area contributed by atoms with Crippen molar-refractivity contribution in [1.29, 1.82) is 0 Å². The van der Waals surface area contributed by atoms with Crippen molar-refractivity contribution >= 4 is 23.2 Å². The lowest BCUT2D eigenvalue weighted by atomic mass is 10.2. The van der Waals surface area contributed by atoms with Crippen molar-refractivity contribution in [2.75, 3.05) is 6.54 Å². The van der Waals surface area contributed by atoms with Crippen LogP contribution in [0.15, 0.2) is 5.38 Å². The van der Waals surface area contributed by atoms with Gasteiger partial charge in [-0.05, 0) is 27.7 Å². The topological polar surface area (TPSA) is 68.3 Å². The normalized spacial score (nSPS) is 11.1. The van der Waals surface area contributed by atoms with Gasteiger partial charge < -0.3 is 10.1 Å². The SMILES string of the molecule is Cc1nc(CC(=O)CNC(=O)OC(C)(C)C)cs1. The molecule has 1 heterocycles. The highest BCUT2D eigenvalue weighted by Crippen LogP contribution is 2.09. The maximum atomic E-state index is 11.6. The van der Waals surface area contributed by atoms with Gasteiger partial charge in [0.2, 0.25) is 0 Å². The molecule has 1 amide bonds. The number of nitrogens with one attached hydrogen (secondary N) is 1. The lowest BCUT2D eigenvalue weighted by Crippen LogP contribution is -2.35. The minimum atomic E-state index is -0.578. The van der Waals surface area contributed by atoms with E-state index in [1.807, 2.05) is 12.3 Å². The van der Waals surface area contributed by atoms with Gasteiger partial charge in [-0.15, -0.1) is 11.3 Å². The average molecular weight is 270 g/mol. The first-order valence-electron chi connectivity index (χ1n) is 5.66. The Morgan fingerprint density at radius 3 is 2.61 bits per heavy atom. The molecule has 0 aromatic carbocycles. The molecule has 0 radical (unpaired) electrons. The molecule has 6 heteroatoms. The number of carbonyl (C=O) groups excluding carboxylic acids is 2. The van der Waals surface area contributed by atoms with Crippen LogP contribution in [-0.4, -0.2) is 29.0 Å². The number of aromatic nitrogens is 1. The number of hydrogen-bond donors (Lipinski definition) is 1. The lowest BCUT2D eigenvalue weighted by molar-refractivity contribution is -0.117. The van der Waals surface area contributed by atoms with E-state index in [1.54, 1.807) is 20.8 Å². The summed E-state index contributed by atoms with van der Waals surface area (Å²) >= 11 is 1.50. The van der Waals surface area contributed by atoms with Crippen molar-refractivity contribution in [3.05, 3.63) is 16.1 Å². The molecular formula is C12H18N2O3S. The molecule has 100 valence electrons. The highest BCUT2D eigenvalue weighted by atomic mass is 32.1. The van der Waals surface area contributed by atoms with Gasteiger partial charge in [0.25, 0.3) is 0 Å². The Morgan fingerprint density at radius 2 is 2.11 bits per heavy atom. The van der Waals surface area contributed by atoms with Crippen LogP contribution in [0.2, 0.25) is 0 Å². The molecule has 1 aromatic rings. The minimum absolute atomic E-state index is 0.0362. The summed E-state index contributed by atoms with van der Waals surface area (Å²) in [5.74, 6) is -0.0915. The third-order valence-electron chi connectivity index (χ3n) is 1.87. The molecule has 1 aromatic heterocycles. The number of rotatable bonds is 4. The van der Waals surface area contributed by atoms with Crippen LogP contribution in [0.5, 0.6) is 0 Å². The first-order chi connectivity index (χ1) is 8.26. The van der Waals surface area contributed by atoms with Gasteiger partial charge in [0.05, 0.1) is 23.7 Å². The highest BCUT2D eigenvalue weighted by Gasteiger charge is 2.16. The maximum Gasteiger partial charge on any atom is 0.408 e. The van der Waals surface area contributed by atoms with Crippen LogP contribution in [-0.2, 0) is 16.0 Å². The molecule has 0 spiro atoms. The fraction of sp³-hybridized carbons (Fsp3) is 0.583. The smallest absolute Gasteiger partial charge is 0.408 e. The van der Waals surface area contributed by atoms with E-state index >= 15 is 0 Å². The van der Waals surface area contributed by atoms with Gasteiger partial charge in [-0.1, -0.05) is 0 Å². The third-order valence-corrected chi connectivity index (χ3v) is 2.70. The summed E-state index contributed by atoms with van der Waals surface area (Å²) in [6.45, 7) is 7.16. The van der Waals surface area contributed by atoms with E-state index in [1.165, 1.54) is 11.3 Å². The van der Waals surface area contributed by atoms with E-state index in [4.69, 9.17) is 4.74 Å². The number of nitrogens with zero attached hydrogens (tertiary/aromatic N) is 1. The molecule has 1 rings (SSSR count). The van der Waals surface area contributed by atoms with Gasteiger partial charge in [-0.25, -0.2) is 9.78 Å². The Labute approximate surface area is 111 Å². The lowest BCUT2D eigenvalue weighted by Gasteiger charge is -2.19. The van der Waals surface area contributed by atoms with E-state index < -0.39 is 11.7 Å². The number of ether oxygens (including phenoxy) is 1. The molecule has 0 unspecified atom stereocenters. The number of amides is 1. The van der Waals surface area contributed by atoms with Gasteiger partial charge in [0.1, 0.15) is 5.60 Å². The Balaban J connectivity index is 2.31. The van der Waals surface area contributed by atoms with Gasteiger partial charge in [-0.3, -0.25) is 4.79 Å². The van der Waals surface area contributed by atoms with E-state index in [0.29, 0.717) is 0 Å². The summed E-state index contributed by atoms with van der Waals surface area (Å²) < 4.78 is 5.03. The van der Waals surface area contributed by atoms with Crippen LogP contribution in [0.1, 0.15) is 31.5 Å². The van der Waals surface area contributed by atoms with Crippen LogP contribution < -0.4 is 5.32 Å². The van der Waals surface area contributed by atoms with Crippen LogP contribution in [0.4, 0.5) is 4.79 Å². The first kappa shape index (κ1) is 14.6. The molecular weight excluding hydrogens is 252 g/mol. The molecule has 0 atom stereocenters. The highest BCUT2D eigenvalue weighted by molar-refractivity contribution is 7.09. The zero-order valence-corrected chi connectivity index (χ0v) is 11.9. The summed E-state index contributed by atoms with van der Waals surface area (Å²) in [6.07, 6.45) is -0.342. The Morgan fingerprint density at radius 1 is 1.44 bits per heavy atom. The number of ketones is 1. The van der Waals surface area contributed by atoms with Crippen LogP contribution in [0.3, 0.4) is 0 Å². The summed E-state index contributed by atoms with van der Waals surface area (Å²) in [7, 11) is 0. The number of alkyl carbamates (subject to hydrolysis) is 1. The molecule has 0 aliphatic rings. The molecule has 0 fully saturated rings. The predicted octanol–water partition coefficient (Wildman–Crippen LogP) is 2.09. The van der Waals surface area contributed by atoms with Gasteiger partial charge in [-0.2, -0.15) is 0 Å². The van der Waals surface area contributed by atoms with Crippen LogP contribution in [0, 0.1) is 6.92 Å². The maximum absolute atomic E-state index is 11.6. The molecule has 5 nitrogen and oxygen atoms in total. The minimum Gasteiger partial charge on any atom is -0.444 e. The van der Waals surface area contributed by atoms with Crippen molar-refractivity contribution in [1.82, 2.24) is 10.3 Å². The van der Waals surface area contributed by atoms with Crippen molar-refractivity contribution < 1.29 is 14.3 Å². The quantitative estimate of drug-likeness (QED) is 0.909. The second-order valence-corrected chi connectivity index (χ2v) is 5.99. The number of hydrogen-bond acceptors (Lipinski definition) is 5. The summed E-state index contributed by atoms with van der Waals surface area (Å²) in [6, 6.07) is 0. The standard InChI is InChI=1S/C12H18N2O3S/c1-8-14-9(7-18-8)5-10(15)6-13-11(16)17-12(2,3)4/h7H,5-6H2,1-4H3,(H,13,16). The van der Waals surface area contributed by atoms with Crippen LogP contribution >= 0.6 is 11.3 Å². The van der Waals surface area contributed by atoms with E-state index in [0.717, 1.165) is 10.7 Å². The fourth-order valence-electron chi connectivity index (χ4n) is 1.24. The third kappa shape index (κ3) is 5.77. The second-order valence-electron chi connectivity index (χ2n) is 4.93. The molecule has 1 N–H and O–H groups in total. The van der Waals surface area contributed by atoms with Crippen molar-refractivity contribution in [3.63, 3.8) is 0 Å². The molecule has 0 aliphatic carbocycles. The van der Waals surface area contributed by atoms with Gasteiger partial charge in [0, 0.05) is 5.38 Å². The number of carbonyl (C=O) groups is 2. The average Bonchev–Trinajstić information content (AvgIpc) is 2.58. The molecule has 0 saturated heterocycles. The summed E-state index contributed by atoms with van der Waals surface area (Å²) in [5, 5.41) is 5.21. The van der Waals surface area contributed by atoms with E-state index in [9.17, 15) is 9.59 Å². The molecule has 0 saturated carbocycles.